The van der Waals surface area contributed by atoms with Crippen molar-refractivity contribution >= 4 is 28.9 Å². The molecular formula is C11H17Cl2NO3. The minimum Gasteiger partial charge on any atom is -0.395 e. The molecule has 1 saturated carbocycles. The van der Waals surface area contributed by atoms with Gasteiger partial charge in [-0.2, -0.15) is 0 Å². The molecule has 4 nitrogen and oxygen atoms in total. The number of hydrogen-bond acceptors (Lipinski definition) is 4. The van der Waals surface area contributed by atoms with Crippen molar-refractivity contribution in [3.63, 3.8) is 0 Å². The van der Waals surface area contributed by atoms with Crippen molar-refractivity contribution in [1.29, 1.82) is 0 Å². The molecule has 1 saturated heterocycles. The Morgan fingerprint density at radius 2 is 2.00 bits per heavy atom. The van der Waals surface area contributed by atoms with Crippen molar-refractivity contribution in [2.45, 2.75) is 24.6 Å². The molecule has 17 heavy (non-hydrogen) atoms. The van der Waals surface area contributed by atoms with Crippen LogP contribution in [0.1, 0.15) is 20.3 Å². The van der Waals surface area contributed by atoms with Crippen molar-refractivity contribution in [1.82, 2.24) is 0 Å². The molecule has 0 amide bonds. The van der Waals surface area contributed by atoms with E-state index in [9.17, 15) is 0 Å². The molecule has 6 heteroatoms. The van der Waals surface area contributed by atoms with E-state index in [0.29, 0.717) is 26.6 Å². The Balaban J connectivity index is 1.80. The van der Waals surface area contributed by atoms with Crippen LogP contribution in [0.5, 0.6) is 0 Å². The summed E-state index contributed by atoms with van der Waals surface area (Å²) in [6.07, 6.45) is 0.772. The molecular weight excluding hydrogens is 265 g/mol. The first-order chi connectivity index (χ1) is 7.94. The van der Waals surface area contributed by atoms with Crippen LogP contribution in [0, 0.1) is 11.3 Å². The maximum absolute atomic E-state index is 5.90. The number of halogens is 2. The SMILES string of the molecule is C/C(=N\OCC1CC1(Cl)Cl)C1(C)COCOC1. The molecule has 2 rings (SSSR count). The Morgan fingerprint density at radius 3 is 2.53 bits per heavy atom. The van der Waals surface area contributed by atoms with E-state index in [0.717, 1.165) is 12.1 Å². The van der Waals surface area contributed by atoms with Gasteiger partial charge in [0.05, 0.1) is 24.3 Å². The molecule has 0 aromatic carbocycles. The quantitative estimate of drug-likeness (QED) is 0.452. The zero-order chi connectivity index (χ0) is 12.5. The largest absolute Gasteiger partial charge is 0.395 e. The van der Waals surface area contributed by atoms with Gasteiger partial charge in [-0.3, -0.25) is 0 Å². The van der Waals surface area contributed by atoms with Crippen molar-refractivity contribution < 1.29 is 14.3 Å². The van der Waals surface area contributed by atoms with Crippen LogP contribution in [0.15, 0.2) is 5.16 Å². The van der Waals surface area contributed by atoms with Gasteiger partial charge in [0.2, 0.25) is 0 Å². The van der Waals surface area contributed by atoms with Crippen LogP contribution in [0.4, 0.5) is 0 Å². The lowest BCUT2D eigenvalue weighted by Crippen LogP contribution is -2.40. The van der Waals surface area contributed by atoms with Crippen LogP contribution < -0.4 is 0 Å². The second-order valence-corrected chi connectivity index (χ2v) is 6.55. The molecule has 0 N–H and O–H groups in total. The third-order valence-corrected chi connectivity index (χ3v) is 4.24. The molecule has 0 radical (unpaired) electrons. The van der Waals surface area contributed by atoms with Crippen molar-refractivity contribution in [2.75, 3.05) is 26.6 Å². The summed E-state index contributed by atoms with van der Waals surface area (Å²) in [6.45, 7) is 5.97. The summed E-state index contributed by atoms with van der Waals surface area (Å²) < 4.78 is 9.95. The van der Waals surface area contributed by atoms with Crippen LogP contribution in [0.25, 0.3) is 0 Å². The lowest BCUT2D eigenvalue weighted by atomic mass is 9.87. The molecule has 1 aliphatic heterocycles. The van der Waals surface area contributed by atoms with Crippen molar-refractivity contribution in [3.8, 4) is 0 Å². The fourth-order valence-corrected chi connectivity index (χ4v) is 2.13. The van der Waals surface area contributed by atoms with Crippen LogP contribution >= 0.6 is 23.2 Å². The summed E-state index contributed by atoms with van der Waals surface area (Å²) >= 11 is 11.8. The fraction of sp³-hybridized carbons (Fsp3) is 0.909. The van der Waals surface area contributed by atoms with Gasteiger partial charge >= 0.3 is 0 Å². The number of rotatable bonds is 4. The number of hydrogen-bond donors (Lipinski definition) is 0. The summed E-state index contributed by atoms with van der Waals surface area (Å²) in [5.74, 6) is 0.189. The number of oxime groups is 1. The highest BCUT2D eigenvalue weighted by molar-refractivity contribution is 6.50. The molecule has 98 valence electrons. The Bertz CT molecular complexity index is 314. The summed E-state index contributed by atoms with van der Waals surface area (Å²) in [7, 11) is 0. The summed E-state index contributed by atoms with van der Waals surface area (Å²) in [5, 5.41) is 4.10. The van der Waals surface area contributed by atoms with Crippen molar-refractivity contribution in [3.05, 3.63) is 0 Å². The second-order valence-electron chi connectivity index (χ2n) is 5.01. The first-order valence-electron chi connectivity index (χ1n) is 5.64. The van der Waals surface area contributed by atoms with E-state index in [1.807, 2.05) is 13.8 Å². The van der Waals surface area contributed by atoms with Gasteiger partial charge in [0, 0.05) is 5.92 Å². The molecule has 1 unspecified atom stereocenters. The lowest BCUT2D eigenvalue weighted by molar-refractivity contribution is -0.139. The molecule has 0 bridgehead atoms. The Kier molecular flexibility index (Phi) is 3.88. The van der Waals surface area contributed by atoms with E-state index in [-0.39, 0.29) is 11.3 Å². The van der Waals surface area contributed by atoms with E-state index in [4.69, 9.17) is 37.5 Å². The maximum Gasteiger partial charge on any atom is 0.146 e. The van der Waals surface area contributed by atoms with Gasteiger partial charge in [0.1, 0.15) is 17.7 Å². The van der Waals surface area contributed by atoms with Crippen LogP contribution in [-0.4, -0.2) is 36.7 Å². The minimum absolute atomic E-state index is 0.189. The smallest absolute Gasteiger partial charge is 0.146 e. The molecule has 2 aliphatic rings. The van der Waals surface area contributed by atoms with Gasteiger partial charge in [0.15, 0.2) is 0 Å². The molecule has 1 atom stereocenters. The molecule has 1 aliphatic carbocycles. The summed E-state index contributed by atoms with van der Waals surface area (Å²) in [6, 6.07) is 0. The van der Waals surface area contributed by atoms with Crippen LogP contribution in [0.2, 0.25) is 0 Å². The predicted molar refractivity (Wildman–Crippen MR) is 66.5 cm³/mol. The third kappa shape index (κ3) is 3.25. The van der Waals surface area contributed by atoms with Crippen LogP contribution in [-0.2, 0) is 14.3 Å². The molecule has 2 fully saturated rings. The maximum atomic E-state index is 5.90. The molecule has 1 heterocycles. The van der Waals surface area contributed by atoms with Gasteiger partial charge in [-0.1, -0.05) is 5.16 Å². The standard InChI is InChI=1S/C11H17Cl2NO3/c1-8(10(2)5-15-7-16-6-10)14-17-4-9-3-11(9,12)13/h9H,3-7H2,1-2H3/b14-8+. The zero-order valence-electron chi connectivity index (χ0n) is 10.0. The van der Waals surface area contributed by atoms with E-state index in [1.54, 1.807) is 0 Å². The Labute approximate surface area is 111 Å². The summed E-state index contributed by atoms with van der Waals surface area (Å²) in [5.41, 5.74) is 0.661. The molecule has 0 aromatic rings. The highest BCUT2D eigenvalue weighted by atomic mass is 35.5. The van der Waals surface area contributed by atoms with E-state index < -0.39 is 4.33 Å². The lowest BCUT2D eigenvalue weighted by Gasteiger charge is -2.32. The highest BCUT2D eigenvalue weighted by Gasteiger charge is 2.52. The molecule has 0 aromatic heterocycles. The highest BCUT2D eigenvalue weighted by Crippen LogP contribution is 2.53. The van der Waals surface area contributed by atoms with Gasteiger partial charge in [-0.05, 0) is 20.3 Å². The van der Waals surface area contributed by atoms with Gasteiger partial charge in [-0.25, -0.2) is 0 Å². The Hall–Kier alpha value is -0.0300. The van der Waals surface area contributed by atoms with Crippen LogP contribution in [0.3, 0.4) is 0 Å². The van der Waals surface area contributed by atoms with Gasteiger partial charge in [0.25, 0.3) is 0 Å². The second kappa shape index (κ2) is 4.92. The van der Waals surface area contributed by atoms with Crippen molar-refractivity contribution in [2.24, 2.45) is 16.5 Å². The first kappa shape index (κ1) is 13.4. The normalized spacial score (nSPS) is 31.1. The van der Waals surface area contributed by atoms with E-state index in [1.165, 1.54) is 0 Å². The summed E-state index contributed by atoms with van der Waals surface area (Å²) in [4.78, 5) is 5.28. The number of nitrogens with zero attached hydrogens (tertiary/aromatic N) is 1. The molecule has 0 spiro atoms. The third-order valence-electron chi connectivity index (χ3n) is 3.31. The number of ether oxygens (including phenoxy) is 2. The predicted octanol–water partition coefficient (Wildman–Crippen LogP) is 2.58. The monoisotopic (exact) mass is 281 g/mol. The number of alkyl halides is 2. The fourth-order valence-electron chi connectivity index (χ4n) is 1.63. The van der Waals surface area contributed by atoms with Gasteiger partial charge < -0.3 is 14.3 Å². The average Bonchev–Trinajstić information content (AvgIpc) is 2.87. The zero-order valence-corrected chi connectivity index (χ0v) is 11.6. The van der Waals surface area contributed by atoms with E-state index in [2.05, 4.69) is 5.16 Å². The van der Waals surface area contributed by atoms with Gasteiger partial charge in [-0.15, -0.1) is 23.2 Å². The first-order valence-corrected chi connectivity index (χ1v) is 6.40. The minimum atomic E-state index is -0.607. The Morgan fingerprint density at radius 1 is 1.41 bits per heavy atom. The van der Waals surface area contributed by atoms with E-state index >= 15 is 0 Å². The average molecular weight is 282 g/mol. The topological polar surface area (TPSA) is 40.0 Å².